The second-order valence-electron chi connectivity index (χ2n) is 3.88. The molecular weight excluding hydrogens is 247 g/mol. The van der Waals surface area contributed by atoms with E-state index in [0.29, 0.717) is 5.56 Å². The highest BCUT2D eigenvalue weighted by atomic mass is 35.5. The first-order valence-corrected chi connectivity index (χ1v) is 5.58. The fourth-order valence-corrected chi connectivity index (χ4v) is 1.89. The number of rotatable bonds is 4. The number of hydrogen-bond acceptors (Lipinski definition) is 3. The van der Waals surface area contributed by atoms with Gasteiger partial charge in [-0.3, -0.25) is 4.79 Å². The van der Waals surface area contributed by atoms with Crippen molar-refractivity contribution in [3.63, 3.8) is 0 Å². The summed E-state index contributed by atoms with van der Waals surface area (Å²) in [5.41, 5.74) is -1.18. The lowest BCUT2D eigenvalue weighted by Gasteiger charge is -2.23. The van der Waals surface area contributed by atoms with Crippen LogP contribution in [0.1, 0.15) is 25.8 Å². The minimum Gasteiger partial charge on any atom is -0.466 e. The molecule has 1 unspecified atom stereocenters. The summed E-state index contributed by atoms with van der Waals surface area (Å²) in [4.78, 5) is 11.3. The Morgan fingerprint density at radius 2 is 2.24 bits per heavy atom. The fraction of sp³-hybridized carbons (Fsp3) is 0.417. The summed E-state index contributed by atoms with van der Waals surface area (Å²) < 4.78 is 17.6. The number of carbonyl (C=O) groups is 1. The van der Waals surface area contributed by atoms with E-state index in [2.05, 4.69) is 0 Å². The predicted molar refractivity (Wildman–Crippen MR) is 62.2 cm³/mol. The summed E-state index contributed by atoms with van der Waals surface area (Å²) in [5.74, 6) is -1.02. The number of hydrogen-bond donors (Lipinski definition) is 1. The van der Waals surface area contributed by atoms with Crippen molar-refractivity contribution in [2.45, 2.75) is 25.9 Å². The average Bonchev–Trinajstić information content (AvgIpc) is 2.15. The Morgan fingerprint density at radius 3 is 2.76 bits per heavy atom. The van der Waals surface area contributed by atoms with Gasteiger partial charge in [-0.2, -0.15) is 0 Å². The van der Waals surface area contributed by atoms with Crippen LogP contribution in [0.15, 0.2) is 18.2 Å². The molecule has 1 aromatic carbocycles. The second-order valence-corrected chi connectivity index (χ2v) is 4.29. The van der Waals surface area contributed by atoms with Gasteiger partial charge in [0.1, 0.15) is 5.82 Å². The number of aliphatic hydroxyl groups is 1. The molecule has 0 bridgehead atoms. The van der Waals surface area contributed by atoms with Crippen LogP contribution < -0.4 is 0 Å². The molecule has 1 N–H and O–H groups in total. The topological polar surface area (TPSA) is 46.5 Å². The van der Waals surface area contributed by atoms with Crippen molar-refractivity contribution in [2.75, 3.05) is 6.61 Å². The molecular formula is C12H14ClFO3. The van der Waals surface area contributed by atoms with Gasteiger partial charge in [-0.15, -0.1) is 0 Å². The number of halogens is 2. The Hall–Kier alpha value is -1.13. The zero-order valence-corrected chi connectivity index (χ0v) is 10.4. The maximum atomic E-state index is 12.9. The molecule has 5 heteroatoms. The molecule has 1 atom stereocenters. The number of esters is 1. The van der Waals surface area contributed by atoms with Gasteiger partial charge < -0.3 is 9.84 Å². The standard InChI is InChI=1S/C12H14ClFO3/c1-3-17-11(15)7-12(2,16)9-5-4-8(14)6-10(9)13/h4-6,16H,3,7H2,1-2H3. The lowest BCUT2D eigenvalue weighted by atomic mass is 9.92. The first-order valence-electron chi connectivity index (χ1n) is 5.20. The molecule has 3 nitrogen and oxygen atoms in total. The molecule has 17 heavy (non-hydrogen) atoms. The van der Waals surface area contributed by atoms with E-state index in [4.69, 9.17) is 16.3 Å². The van der Waals surface area contributed by atoms with Gasteiger partial charge in [0, 0.05) is 10.6 Å². The molecule has 0 aromatic heterocycles. The Kier molecular flexibility index (Phi) is 4.48. The smallest absolute Gasteiger partial charge is 0.309 e. The minimum absolute atomic E-state index is 0.0827. The zero-order valence-electron chi connectivity index (χ0n) is 9.67. The highest BCUT2D eigenvalue weighted by Gasteiger charge is 2.29. The largest absolute Gasteiger partial charge is 0.466 e. The van der Waals surface area contributed by atoms with E-state index in [9.17, 15) is 14.3 Å². The molecule has 0 aliphatic rings. The first-order chi connectivity index (χ1) is 7.86. The minimum atomic E-state index is -1.48. The van der Waals surface area contributed by atoms with Gasteiger partial charge in [0.05, 0.1) is 18.6 Å². The molecule has 1 aromatic rings. The first kappa shape index (κ1) is 13.9. The van der Waals surface area contributed by atoms with E-state index in [1.54, 1.807) is 6.92 Å². The van der Waals surface area contributed by atoms with Crippen molar-refractivity contribution < 1.29 is 19.0 Å². The van der Waals surface area contributed by atoms with Crippen molar-refractivity contribution in [3.8, 4) is 0 Å². The normalized spacial score (nSPS) is 14.2. The Bertz CT molecular complexity index is 418. The van der Waals surface area contributed by atoms with Gasteiger partial charge >= 0.3 is 5.97 Å². The van der Waals surface area contributed by atoms with Gasteiger partial charge in [0.2, 0.25) is 0 Å². The van der Waals surface area contributed by atoms with Crippen molar-refractivity contribution in [2.24, 2.45) is 0 Å². The quantitative estimate of drug-likeness (QED) is 0.847. The number of benzene rings is 1. The summed E-state index contributed by atoms with van der Waals surface area (Å²) >= 11 is 5.82. The molecule has 0 fully saturated rings. The van der Waals surface area contributed by atoms with Gasteiger partial charge in [-0.05, 0) is 26.0 Å². The van der Waals surface area contributed by atoms with Gasteiger partial charge in [0.25, 0.3) is 0 Å². The SMILES string of the molecule is CCOC(=O)CC(C)(O)c1ccc(F)cc1Cl. The van der Waals surface area contributed by atoms with E-state index in [0.717, 1.165) is 6.07 Å². The zero-order chi connectivity index (χ0) is 13.1. The molecule has 0 aliphatic heterocycles. The molecule has 0 saturated heterocycles. The van der Waals surface area contributed by atoms with Crippen molar-refractivity contribution in [1.29, 1.82) is 0 Å². The highest BCUT2D eigenvalue weighted by Crippen LogP contribution is 2.31. The van der Waals surface area contributed by atoms with Crippen LogP contribution in [-0.2, 0) is 15.1 Å². The van der Waals surface area contributed by atoms with Crippen LogP contribution in [0, 0.1) is 5.82 Å². The van der Waals surface area contributed by atoms with E-state index >= 15 is 0 Å². The van der Waals surface area contributed by atoms with Crippen molar-refractivity contribution in [3.05, 3.63) is 34.6 Å². The van der Waals surface area contributed by atoms with Gasteiger partial charge in [-0.1, -0.05) is 17.7 Å². The third kappa shape index (κ3) is 3.68. The van der Waals surface area contributed by atoms with Crippen molar-refractivity contribution in [1.82, 2.24) is 0 Å². The Labute approximate surface area is 104 Å². The monoisotopic (exact) mass is 260 g/mol. The maximum absolute atomic E-state index is 12.9. The van der Waals surface area contributed by atoms with Gasteiger partial charge in [0.15, 0.2) is 0 Å². The second kappa shape index (κ2) is 5.47. The third-order valence-corrected chi connectivity index (χ3v) is 2.62. The summed E-state index contributed by atoms with van der Waals surface area (Å²) in [7, 11) is 0. The predicted octanol–water partition coefficient (Wildman–Crippen LogP) is 2.64. The summed E-state index contributed by atoms with van der Waals surface area (Å²) in [6, 6.07) is 3.63. The van der Waals surface area contributed by atoms with E-state index in [-0.39, 0.29) is 18.1 Å². The van der Waals surface area contributed by atoms with Crippen LogP contribution in [0.4, 0.5) is 4.39 Å². The molecule has 1 rings (SSSR count). The molecule has 0 amide bonds. The van der Waals surface area contributed by atoms with E-state index in [1.807, 2.05) is 0 Å². The van der Waals surface area contributed by atoms with E-state index in [1.165, 1.54) is 19.1 Å². The summed E-state index contributed by atoms with van der Waals surface area (Å²) in [6.45, 7) is 3.35. The van der Waals surface area contributed by atoms with Crippen LogP contribution >= 0.6 is 11.6 Å². The van der Waals surface area contributed by atoms with Crippen molar-refractivity contribution >= 4 is 17.6 Å². The van der Waals surface area contributed by atoms with Crippen LogP contribution in [0.5, 0.6) is 0 Å². The lowest BCUT2D eigenvalue weighted by molar-refractivity contribution is -0.148. The molecule has 0 heterocycles. The molecule has 94 valence electrons. The van der Waals surface area contributed by atoms with Crippen LogP contribution in [0.3, 0.4) is 0 Å². The number of ether oxygens (including phenoxy) is 1. The fourth-order valence-electron chi connectivity index (χ4n) is 1.51. The lowest BCUT2D eigenvalue weighted by Crippen LogP contribution is -2.26. The number of carbonyl (C=O) groups excluding carboxylic acids is 1. The summed E-state index contributed by atoms with van der Waals surface area (Å²) in [6.07, 6.45) is -0.230. The third-order valence-electron chi connectivity index (χ3n) is 2.31. The highest BCUT2D eigenvalue weighted by molar-refractivity contribution is 6.31. The van der Waals surface area contributed by atoms with Crippen LogP contribution in [0.2, 0.25) is 5.02 Å². The summed E-state index contributed by atoms with van der Waals surface area (Å²) in [5, 5.41) is 10.2. The van der Waals surface area contributed by atoms with Crippen LogP contribution in [-0.4, -0.2) is 17.7 Å². The van der Waals surface area contributed by atoms with Gasteiger partial charge in [-0.25, -0.2) is 4.39 Å². The van der Waals surface area contributed by atoms with E-state index < -0.39 is 17.4 Å². The molecule has 0 saturated carbocycles. The Balaban J connectivity index is 2.92. The molecule has 0 spiro atoms. The average molecular weight is 261 g/mol. The van der Waals surface area contributed by atoms with Crippen LogP contribution in [0.25, 0.3) is 0 Å². The molecule has 0 radical (unpaired) electrons. The molecule has 0 aliphatic carbocycles. The maximum Gasteiger partial charge on any atom is 0.309 e. The Morgan fingerprint density at radius 1 is 1.59 bits per heavy atom.